The summed E-state index contributed by atoms with van der Waals surface area (Å²) < 4.78 is 0. The maximum atomic E-state index is 10.5. The van der Waals surface area contributed by atoms with Crippen LogP contribution in [0.15, 0.2) is 28.9 Å². The van der Waals surface area contributed by atoms with E-state index in [-0.39, 0.29) is 6.03 Å². The number of hydrogen-bond acceptors (Lipinski definition) is 1. The molecule has 2 aliphatic rings. The van der Waals surface area contributed by atoms with E-state index in [1.54, 1.807) is 6.08 Å². The van der Waals surface area contributed by atoms with Gasteiger partial charge in [0.2, 0.25) is 0 Å². The van der Waals surface area contributed by atoms with Gasteiger partial charge in [-0.1, -0.05) is 6.08 Å². The summed E-state index contributed by atoms with van der Waals surface area (Å²) in [6, 6.07) is -0.263. The van der Waals surface area contributed by atoms with Crippen LogP contribution in [0.1, 0.15) is 0 Å². The molecule has 0 unspecified atom stereocenters. The Kier molecular flexibility index (Phi) is 0.656. The Morgan fingerprint density at radius 3 is 3.22 bits per heavy atom. The SMILES string of the molecule is O=C1N=C2C=CC=C2N1. The number of carbonyl (C=O) groups is 1. The predicted molar refractivity (Wildman–Crippen MR) is 33.2 cm³/mol. The van der Waals surface area contributed by atoms with E-state index in [1.165, 1.54) is 0 Å². The number of allylic oxidation sites excluding steroid dienone is 3. The predicted octanol–water partition coefficient (Wildman–Crippen LogP) is 0.604. The van der Waals surface area contributed by atoms with Gasteiger partial charge in [0.15, 0.2) is 0 Å². The molecule has 0 aromatic heterocycles. The minimum Gasteiger partial charge on any atom is -0.304 e. The molecule has 1 aliphatic heterocycles. The number of aliphatic imine (C=N–C) groups is 1. The second kappa shape index (κ2) is 1.31. The van der Waals surface area contributed by atoms with Crippen LogP contribution in [0.2, 0.25) is 0 Å². The Balaban J connectivity index is 2.51. The van der Waals surface area contributed by atoms with Gasteiger partial charge in [-0.05, 0) is 12.2 Å². The Morgan fingerprint density at radius 1 is 1.56 bits per heavy atom. The highest BCUT2D eigenvalue weighted by molar-refractivity contribution is 6.20. The summed E-state index contributed by atoms with van der Waals surface area (Å²) in [7, 11) is 0. The average Bonchev–Trinajstić information content (AvgIpc) is 2.22. The fourth-order valence-electron chi connectivity index (χ4n) is 0.866. The largest absolute Gasteiger partial charge is 0.346 e. The first kappa shape index (κ1) is 4.49. The van der Waals surface area contributed by atoms with E-state index in [4.69, 9.17) is 0 Å². The fraction of sp³-hybridized carbons (Fsp3) is 0. The van der Waals surface area contributed by atoms with Crippen LogP contribution in [-0.4, -0.2) is 11.7 Å². The lowest BCUT2D eigenvalue weighted by atomic mass is 10.3. The van der Waals surface area contributed by atoms with E-state index in [0.717, 1.165) is 11.4 Å². The van der Waals surface area contributed by atoms with Crippen LogP contribution in [-0.2, 0) is 0 Å². The highest BCUT2D eigenvalue weighted by atomic mass is 16.2. The van der Waals surface area contributed by atoms with E-state index in [1.807, 2.05) is 12.2 Å². The topological polar surface area (TPSA) is 41.5 Å². The van der Waals surface area contributed by atoms with Crippen molar-refractivity contribution >= 4 is 11.7 Å². The normalized spacial score (nSPS) is 21.1. The van der Waals surface area contributed by atoms with Crippen LogP contribution in [0.5, 0.6) is 0 Å². The van der Waals surface area contributed by atoms with Gasteiger partial charge in [-0.25, -0.2) is 4.79 Å². The molecular weight excluding hydrogens is 116 g/mol. The van der Waals surface area contributed by atoms with E-state index in [2.05, 4.69) is 10.3 Å². The number of fused-ring (bicyclic) bond motifs is 1. The zero-order valence-corrected chi connectivity index (χ0v) is 4.59. The van der Waals surface area contributed by atoms with Crippen LogP contribution in [0.4, 0.5) is 4.79 Å². The number of nitrogens with one attached hydrogen (secondary N) is 1. The molecular formula is C6H4N2O. The lowest BCUT2D eigenvalue weighted by molar-refractivity contribution is 0.253. The van der Waals surface area contributed by atoms with Crippen molar-refractivity contribution in [2.75, 3.05) is 0 Å². The minimum absolute atomic E-state index is 0.263. The monoisotopic (exact) mass is 120 g/mol. The molecule has 0 fully saturated rings. The first-order valence-corrected chi connectivity index (χ1v) is 2.65. The summed E-state index contributed by atoms with van der Waals surface area (Å²) in [6.45, 7) is 0. The third kappa shape index (κ3) is 0.512. The van der Waals surface area contributed by atoms with Crippen LogP contribution in [0.3, 0.4) is 0 Å². The van der Waals surface area contributed by atoms with Crippen LogP contribution in [0, 0.1) is 0 Å². The number of rotatable bonds is 0. The summed E-state index contributed by atoms with van der Waals surface area (Å²) in [5.74, 6) is 0. The lowest BCUT2D eigenvalue weighted by Crippen LogP contribution is -2.12. The van der Waals surface area contributed by atoms with Crippen LogP contribution >= 0.6 is 0 Å². The van der Waals surface area contributed by atoms with Gasteiger partial charge < -0.3 is 5.32 Å². The number of amides is 2. The summed E-state index contributed by atoms with van der Waals surface area (Å²) >= 11 is 0. The van der Waals surface area contributed by atoms with Crippen molar-refractivity contribution in [3.05, 3.63) is 23.9 Å². The van der Waals surface area contributed by atoms with E-state index in [9.17, 15) is 4.79 Å². The molecule has 1 aliphatic carbocycles. The second-order valence-electron chi connectivity index (χ2n) is 1.87. The standard InChI is InChI=1S/C6H4N2O/c9-6-7-4-2-1-3-5(4)8-6/h1-3H,(H,7,8,9). The van der Waals surface area contributed by atoms with Gasteiger partial charge in [0.05, 0.1) is 11.4 Å². The van der Waals surface area contributed by atoms with Crippen molar-refractivity contribution in [1.29, 1.82) is 0 Å². The van der Waals surface area contributed by atoms with E-state index >= 15 is 0 Å². The quantitative estimate of drug-likeness (QED) is 0.499. The fourth-order valence-corrected chi connectivity index (χ4v) is 0.866. The highest BCUT2D eigenvalue weighted by Crippen LogP contribution is 2.10. The van der Waals surface area contributed by atoms with Crippen LogP contribution < -0.4 is 5.32 Å². The molecule has 0 saturated heterocycles. The molecule has 9 heavy (non-hydrogen) atoms. The zero-order valence-electron chi connectivity index (χ0n) is 4.59. The van der Waals surface area contributed by atoms with Crippen molar-refractivity contribution in [3.8, 4) is 0 Å². The minimum atomic E-state index is -0.263. The summed E-state index contributed by atoms with van der Waals surface area (Å²) in [5, 5.41) is 2.57. The summed E-state index contributed by atoms with van der Waals surface area (Å²) in [4.78, 5) is 14.1. The molecule has 0 saturated carbocycles. The van der Waals surface area contributed by atoms with E-state index in [0.29, 0.717) is 0 Å². The zero-order chi connectivity index (χ0) is 6.27. The van der Waals surface area contributed by atoms with E-state index < -0.39 is 0 Å². The molecule has 2 amide bonds. The van der Waals surface area contributed by atoms with Crippen molar-refractivity contribution in [2.24, 2.45) is 4.99 Å². The van der Waals surface area contributed by atoms with Crippen LogP contribution in [0.25, 0.3) is 0 Å². The van der Waals surface area contributed by atoms with Gasteiger partial charge in [-0.2, -0.15) is 4.99 Å². The molecule has 0 bridgehead atoms. The molecule has 0 spiro atoms. The molecule has 1 N–H and O–H groups in total. The van der Waals surface area contributed by atoms with Crippen molar-refractivity contribution in [2.45, 2.75) is 0 Å². The number of carbonyl (C=O) groups excluding carboxylic acids is 1. The van der Waals surface area contributed by atoms with Gasteiger partial charge >= 0.3 is 6.03 Å². The molecule has 2 rings (SSSR count). The molecule has 44 valence electrons. The number of urea groups is 1. The number of nitrogens with zero attached hydrogens (tertiary/aromatic N) is 1. The maximum Gasteiger partial charge on any atom is 0.346 e. The molecule has 0 aromatic rings. The molecule has 0 aromatic carbocycles. The Hall–Kier alpha value is -1.38. The van der Waals surface area contributed by atoms with Crippen molar-refractivity contribution in [3.63, 3.8) is 0 Å². The van der Waals surface area contributed by atoms with Gasteiger partial charge in [0, 0.05) is 0 Å². The highest BCUT2D eigenvalue weighted by Gasteiger charge is 2.18. The van der Waals surface area contributed by atoms with Gasteiger partial charge in [-0.3, -0.25) is 0 Å². The first-order chi connectivity index (χ1) is 4.36. The van der Waals surface area contributed by atoms with Gasteiger partial charge in [0.25, 0.3) is 0 Å². The smallest absolute Gasteiger partial charge is 0.304 e. The van der Waals surface area contributed by atoms with Gasteiger partial charge in [0.1, 0.15) is 0 Å². The Morgan fingerprint density at radius 2 is 2.44 bits per heavy atom. The second-order valence-corrected chi connectivity index (χ2v) is 1.87. The maximum absolute atomic E-state index is 10.5. The lowest BCUT2D eigenvalue weighted by Gasteiger charge is -1.87. The Labute approximate surface area is 51.8 Å². The molecule has 1 heterocycles. The summed E-state index contributed by atoms with van der Waals surface area (Å²) in [5.41, 5.74) is 1.57. The average molecular weight is 120 g/mol. The van der Waals surface area contributed by atoms with Crippen molar-refractivity contribution < 1.29 is 4.79 Å². The molecule has 3 nitrogen and oxygen atoms in total. The molecule has 3 heteroatoms. The summed E-state index contributed by atoms with van der Waals surface area (Å²) in [6.07, 6.45) is 5.48. The van der Waals surface area contributed by atoms with Gasteiger partial charge in [-0.15, -0.1) is 0 Å². The third-order valence-corrected chi connectivity index (χ3v) is 1.26. The first-order valence-electron chi connectivity index (χ1n) is 2.65. The third-order valence-electron chi connectivity index (χ3n) is 1.26. The molecule has 0 radical (unpaired) electrons. The van der Waals surface area contributed by atoms with Crippen molar-refractivity contribution in [1.82, 2.24) is 5.32 Å². The molecule has 0 atom stereocenters. The number of hydrogen-bond donors (Lipinski definition) is 1. The Bertz CT molecular complexity index is 260.